The number of aliphatic hydroxyl groups is 1. The lowest BCUT2D eigenvalue weighted by atomic mass is 9.65. The van der Waals surface area contributed by atoms with E-state index < -0.39 is 28.7 Å². The van der Waals surface area contributed by atoms with E-state index in [1.165, 1.54) is 0 Å². The molecule has 3 saturated heterocycles. The molecule has 0 aromatic heterocycles. The van der Waals surface area contributed by atoms with Crippen molar-refractivity contribution in [2.24, 2.45) is 23.7 Å². The summed E-state index contributed by atoms with van der Waals surface area (Å²) in [4.78, 5) is 48.7. The predicted octanol–water partition coefficient (Wildman–Crippen LogP) is 4.37. The number of para-hydroxylation sites is 1. The number of hydrogen-bond acceptors (Lipinski definition) is 5. The van der Waals surface area contributed by atoms with E-state index in [4.69, 9.17) is 0 Å². The highest BCUT2D eigenvalue weighted by molar-refractivity contribution is 8.02. The van der Waals surface area contributed by atoms with Gasteiger partial charge in [0.25, 0.3) is 0 Å². The lowest BCUT2D eigenvalue weighted by molar-refractivity contribution is -0.146. The molecular weight excluding hydrogens is 522 g/mol. The first-order chi connectivity index (χ1) is 19.0. The average molecular weight is 568 g/mol. The van der Waals surface area contributed by atoms with Crippen molar-refractivity contribution in [2.75, 3.05) is 24.6 Å². The molecule has 0 radical (unpaired) electrons. The smallest absolute Gasteiger partial charge is 0.247 e. The summed E-state index contributed by atoms with van der Waals surface area (Å²) < 4.78 is -0.742. The Morgan fingerprint density at radius 3 is 2.33 bits per heavy atom. The second-order valence-electron chi connectivity index (χ2n) is 12.2. The summed E-state index contributed by atoms with van der Waals surface area (Å²) in [5.74, 6) is -1.31. The molecule has 4 rings (SSSR count). The SMILES string of the molecule is C=CCN(C(=O)[C@@H]1[C@H]2C(=O)N([C@@H](CO)CC(C)C)C(C(=O)N(CC=C)C(C)C)C23S[C@@H]1CC3C)c1ccccc1. The third-order valence-electron chi connectivity index (χ3n) is 8.93. The number of anilines is 1. The largest absolute Gasteiger partial charge is 0.394 e. The van der Waals surface area contributed by atoms with Crippen LogP contribution in [0.15, 0.2) is 55.6 Å². The molecule has 3 aliphatic heterocycles. The van der Waals surface area contributed by atoms with Crippen molar-refractivity contribution in [3.05, 3.63) is 55.6 Å². The fourth-order valence-electron chi connectivity index (χ4n) is 7.33. The highest BCUT2D eigenvalue weighted by Gasteiger charge is 2.77. The van der Waals surface area contributed by atoms with Crippen LogP contribution < -0.4 is 4.90 Å². The maximum atomic E-state index is 14.6. The summed E-state index contributed by atoms with van der Waals surface area (Å²) in [5, 5.41) is 10.5. The van der Waals surface area contributed by atoms with Crippen molar-refractivity contribution < 1.29 is 19.5 Å². The first-order valence-corrected chi connectivity index (χ1v) is 15.4. The van der Waals surface area contributed by atoms with Crippen molar-refractivity contribution in [1.82, 2.24) is 9.80 Å². The molecule has 7 atom stereocenters. The normalized spacial score (nSPS) is 29.6. The van der Waals surface area contributed by atoms with Gasteiger partial charge in [-0.15, -0.1) is 24.9 Å². The van der Waals surface area contributed by atoms with Crippen LogP contribution in [0.4, 0.5) is 5.69 Å². The van der Waals surface area contributed by atoms with E-state index >= 15 is 0 Å². The first-order valence-electron chi connectivity index (χ1n) is 14.5. The molecule has 8 heteroatoms. The Bertz CT molecular complexity index is 1120. The fraction of sp³-hybridized carbons (Fsp3) is 0.594. The van der Waals surface area contributed by atoms with E-state index in [0.717, 1.165) is 12.1 Å². The van der Waals surface area contributed by atoms with Gasteiger partial charge in [-0.1, -0.05) is 51.1 Å². The van der Waals surface area contributed by atoms with Gasteiger partial charge in [0.2, 0.25) is 17.7 Å². The quantitative estimate of drug-likeness (QED) is 0.380. The lowest BCUT2D eigenvalue weighted by Gasteiger charge is -2.43. The minimum absolute atomic E-state index is 0.0557. The monoisotopic (exact) mass is 567 g/mol. The second-order valence-corrected chi connectivity index (χ2v) is 13.8. The van der Waals surface area contributed by atoms with Crippen molar-refractivity contribution in [3.8, 4) is 0 Å². The van der Waals surface area contributed by atoms with E-state index in [-0.39, 0.29) is 47.5 Å². The van der Waals surface area contributed by atoms with Gasteiger partial charge < -0.3 is 19.8 Å². The van der Waals surface area contributed by atoms with Gasteiger partial charge >= 0.3 is 0 Å². The number of benzene rings is 1. The number of amides is 3. The van der Waals surface area contributed by atoms with E-state index in [2.05, 4.69) is 33.9 Å². The van der Waals surface area contributed by atoms with Gasteiger partial charge in [0.15, 0.2) is 0 Å². The van der Waals surface area contributed by atoms with E-state index in [0.29, 0.717) is 19.5 Å². The maximum Gasteiger partial charge on any atom is 0.247 e. The van der Waals surface area contributed by atoms with Gasteiger partial charge in [-0.25, -0.2) is 0 Å². The Balaban J connectivity index is 1.84. The van der Waals surface area contributed by atoms with E-state index in [9.17, 15) is 19.5 Å². The van der Waals surface area contributed by atoms with Crippen molar-refractivity contribution in [2.45, 2.75) is 75.6 Å². The molecule has 218 valence electrons. The average Bonchev–Trinajstić information content (AvgIpc) is 3.52. The standard InChI is InChI=1S/C32H45N3O4S/c1-8-15-33(21(5)6)31(39)28-32-22(7)18-25(40-32)26(27(32)30(38)35(28)24(19-36)17-20(3)4)29(37)34(16-9-2)23-13-11-10-12-14-23/h8-14,20-22,24-28,36H,1-2,15-19H2,3-7H3/t22?,24-,25-,26+,27+,28?,32?/m1/s1. The number of nitrogens with zero attached hydrogens (tertiary/aromatic N) is 3. The van der Waals surface area contributed by atoms with Crippen LogP contribution in [0.5, 0.6) is 0 Å². The van der Waals surface area contributed by atoms with Gasteiger partial charge in [0, 0.05) is 30.1 Å². The van der Waals surface area contributed by atoms with Gasteiger partial charge in [0.1, 0.15) is 6.04 Å². The summed E-state index contributed by atoms with van der Waals surface area (Å²) in [7, 11) is 0. The molecule has 1 aromatic rings. The van der Waals surface area contributed by atoms with Crippen LogP contribution in [0.3, 0.4) is 0 Å². The molecular formula is C32H45N3O4S. The minimum atomic E-state index is -0.754. The Morgan fingerprint density at radius 2 is 1.77 bits per heavy atom. The Morgan fingerprint density at radius 1 is 1.12 bits per heavy atom. The molecule has 2 bridgehead atoms. The number of likely N-dealkylation sites (tertiary alicyclic amines) is 1. The summed E-state index contributed by atoms with van der Waals surface area (Å²) in [5.41, 5.74) is 0.766. The summed E-state index contributed by atoms with van der Waals surface area (Å²) in [6.07, 6.45) is 4.76. The van der Waals surface area contributed by atoms with Gasteiger partial charge in [-0.3, -0.25) is 14.4 Å². The summed E-state index contributed by atoms with van der Waals surface area (Å²) in [6, 6.07) is 8.15. The summed E-state index contributed by atoms with van der Waals surface area (Å²) >= 11 is 1.67. The van der Waals surface area contributed by atoms with Gasteiger partial charge in [-0.2, -0.15) is 0 Å². The molecule has 0 saturated carbocycles. The van der Waals surface area contributed by atoms with Crippen molar-refractivity contribution in [3.63, 3.8) is 0 Å². The summed E-state index contributed by atoms with van der Waals surface area (Å²) in [6.45, 7) is 18.4. The van der Waals surface area contributed by atoms with Crippen molar-refractivity contribution >= 4 is 35.2 Å². The predicted molar refractivity (Wildman–Crippen MR) is 162 cm³/mol. The number of carbonyl (C=O) groups is 3. The molecule has 1 N–H and O–H groups in total. The number of fused-ring (bicyclic) bond motifs is 1. The second kappa shape index (κ2) is 12.1. The van der Waals surface area contributed by atoms with Crippen LogP contribution in [0, 0.1) is 23.7 Å². The van der Waals surface area contributed by atoms with Gasteiger partial charge in [0.05, 0.1) is 29.2 Å². The Kier molecular flexibility index (Phi) is 9.20. The molecule has 3 aliphatic rings. The third kappa shape index (κ3) is 4.91. The molecule has 0 aliphatic carbocycles. The van der Waals surface area contributed by atoms with Crippen LogP contribution in [-0.2, 0) is 14.4 Å². The zero-order valence-corrected chi connectivity index (χ0v) is 25.3. The zero-order chi connectivity index (χ0) is 29.4. The maximum absolute atomic E-state index is 14.6. The molecule has 3 amide bonds. The number of hydrogen-bond donors (Lipinski definition) is 1. The highest BCUT2D eigenvalue weighted by atomic mass is 32.2. The van der Waals surface area contributed by atoms with E-state index in [1.807, 2.05) is 44.2 Å². The third-order valence-corrected chi connectivity index (χ3v) is 11.0. The van der Waals surface area contributed by atoms with E-state index in [1.54, 1.807) is 38.6 Å². The molecule has 3 fully saturated rings. The fourth-order valence-corrected chi connectivity index (χ4v) is 9.72. The van der Waals surface area contributed by atoms with Crippen molar-refractivity contribution in [1.29, 1.82) is 0 Å². The van der Waals surface area contributed by atoms with Crippen LogP contribution in [0.2, 0.25) is 0 Å². The number of aliphatic hydroxyl groups excluding tert-OH is 1. The first kappa shape index (κ1) is 30.4. The Hall–Kier alpha value is -2.58. The van der Waals surface area contributed by atoms with Crippen LogP contribution >= 0.6 is 11.8 Å². The molecule has 7 nitrogen and oxygen atoms in total. The Labute approximate surface area is 243 Å². The number of carbonyl (C=O) groups excluding carboxylic acids is 3. The minimum Gasteiger partial charge on any atom is -0.394 e. The molecule has 1 aromatic carbocycles. The molecule has 40 heavy (non-hydrogen) atoms. The highest BCUT2D eigenvalue weighted by Crippen LogP contribution is 2.69. The topological polar surface area (TPSA) is 81.2 Å². The molecule has 3 unspecified atom stereocenters. The zero-order valence-electron chi connectivity index (χ0n) is 24.5. The number of thioether (sulfide) groups is 1. The van der Waals surface area contributed by atoms with Crippen LogP contribution in [-0.4, -0.2) is 80.4 Å². The van der Waals surface area contributed by atoms with Crippen LogP contribution in [0.1, 0.15) is 47.5 Å². The van der Waals surface area contributed by atoms with Gasteiger partial charge in [-0.05, 0) is 50.7 Å². The lowest BCUT2D eigenvalue weighted by Crippen LogP contribution is -2.60. The molecule has 3 heterocycles. The molecule has 1 spiro atoms. The number of rotatable bonds is 12. The van der Waals surface area contributed by atoms with Crippen LogP contribution in [0.25, 0.3) is 0 Å².